The topological polar surface area (TPSA) is 18.5 Å². The Labute approximate surface area is 119 Å². The molecular weight excluding hydrogens is 234 g/mol. The maximum Gasteiger partial charge on any atom is 0.0254 e. The van der Waals surface area contributed by atoms with E-state index in [-0.39, 0.29) is 0 Å². The number of hydrogen-bond acceptors (Lipinski definition) is 3. The maximum atomic E-state index is 3.79. The van der Waals surface area contributed by atoms with Crippen LogP contribution in [0.25, 0.3) is 0 Å². The Bertz CT molecular complexity index is 246. The van der Waals surface area contributed by atoms with E-state index in [2.05, 4.69) is 36.1 Å². The summed E-state index contributed by atoms with van der Waals surface area (Å²) in [4.78, 5) is 5.03. The van der Waals surface area contributed by atoms with Crippen LogP contribution in [0.2, 0.25) is 0 Å². The first-order chi connectivity index (χ1) is 9.16. The Morgan fingerprint density at radius 1 is 1.05 bits per heavy atom. The first kappa shape index (κ1) is 15.3. The molecule has 1 saturated heterocycles. The van der Waals surface area contributed by atoms with Gasteiger partial charge in [-0.1, -0.05) is 32.6 Å². The molecule has 3 nitrogen and oxygen atoms in total. The third-order valence-corrected chi connectivity index (χ3v) is 5.03. The van der Waals surface area contributed by atoms with Crippen molar-refractivity contribution in [3.8, 4) is 0 Å². The van der Waals surface area contributed by atoms with Gasteiger partial charge < -0.3 is 15.1 Å². The molecule has 0 aromatic carbocycles. The van der Waals surface area contributed by atoms with Gasteiger partial charge in [0.25, 0.3) is 0 Å². The highest BCUT2D eigenvalue weighted by Gasteiger charge is 2.30. The highest BCUT2D eigenvalue weighted by atomic mass is 15.2. The second kappa shape index (κ2) is 7.61. The van der Waals surface area contributed by atoms with Crippen molar-refractivity contribution < 1.29 is 0 Å². The van der Waals surface area contributed by atoms with Gasteiger partial charge in [-0.2, -0.15) is 0 Å². The van der Waals surface area contributed by atoms with Crippen LogP contribution < -0.4 is 5.32 Å². The molecule has 0 bridgehead atoms. The summed E-state index contributed by atoms with van der Waals surface area (Å²) in [7, 11) is 4.43. The molecule has 0 radical (unpaired) electrons. The molecule has 1 aliphatic carbocycles. The Morgan fingerprint density at radius 2 is 1.74 bits per heavy atom. The molecule has 2 atom stereocenters. The Kier molecular flexibility index (Phi) is 6.11. The largest absolute Gasteiger partial charge is 0.313 e. The van der Waals surface area contributed by atoms with Crippen molar-refractivity contribution in [3.63, 3.8) is 0 Å². The van der Waals surface area contributed by atoms with E-state index in [1.54, 1.807) is 0 Å². The Hall–Kier alpha value is -0.120. The lowest BCUT2D eigenvalue weighted by Gasteiger charge is -2.23. The second-order valence-corrected chi connectivity index (χ2v) is 6.91. The van der Waals surface area contributed by atoms with E-state index in [1.807, 2.05) is 0 Å². The third-order valence-electron chi connectivity index (χ3n) is 5.03. The van der Waals surface area contributed by atoms with Gasteiger partial charge in [0, 0.05) is 38.3 Å². The SMILES string of the molecule is CC1CN(CCNC2CCCCCC2)CC1N(C)C. The summed E-state index contributed by atoms with van der Waals surface area (Å²) in [5, 5.41) is 3.79. The zero-order chi connectivity index (χ0) is 13.7. The lowest BCUT2D eigenvalue weighted by atomic mass is 10.1. The van der Waals surface area contributed by atoms with Crippen LogP contribution >= 0.6 is 0 Å². The smallest absolute Gasteiger partial charge is 0.0254 e. The van der Waals surface area contributed by atoms with E-state index in [4.69, 9.17) is 0 Å². The molecule has 0 spiro atoms. The van der Waals surface area contributed by atoms with Gasteiger partial charge in [0.15, 0.2) is 0 Å². The van der Waals surface area contributed by atoms with Crippen LogP contribution in [0.5, 0.6) is 0 Å². The molecule has 3 heteroatoms. The minimum absolute atomic E-state index is 0.748. The van der Waals surface area contributed by atoms with Crippen LogP contribution in [0, 0.1) is 5.92 Å². The fourth-order valence-corrected chi connectivity index (χ4v) is 3.81. The molecule has 0 aromatic heterocycles. The lowest BCUT2D eigenvalue weighted by Crippen LogP contribution is -2.38. The molecule has 2 fully saturated rings. The van der Waals surface area contributed by atoms with E-state index < -0.39 is 0 Å². The summed E-state index contributed by atoms with van der Waals surface area (Å²) in [5.41, 5.74) is 0. The number of likely N-dealkylation sites (tertiary alicyclic amines) is 1. The van der Waals surface area contributed by atoms with Crippen molar-refractivity contribution >= 4 is 0 Å². The minimum Gasteiger partial charge on any atom is -0.313 e. The van der Waals surface area contributed by atoms with Gasteiger partial charge in [-0.3, -0.25) is 0 Å². The summed E-state index contributed by atoms with van der Waals surface area (Å²) in [6.07, 6.45) is 8.56. The number of hydrogen-bond donors (Lipinski definition) is 1. The van der Waals surface area contributed by atoms with Crippen molar-refractivity contribution in [1.82, 2.24) is 15.1 Å². The summed E-state index contributed by atoms with van der Waals surface area (Å²) >= 11 is 0. The molecule has 0 amide bonds. The van der Waals surface area contributed by atoms with Crippen LogP contribution in [-0.2, 0) is 0 Å². The molecule has 112 valence electrons. The van der Waals surface area contributed by atoms with Crippen molar-refractivity contribution in [2.45, 2.75) is 57.5 Å². The van der Waals surface area contributed by atoms with E-state index >= 15 is 0 Å². The molecule has 1 saturated carbocycles. The quantitative estimate of drug-likeness (QED) is 0.770. The van der Waals surface area contributed by atoms with Gasteiger partial charge in [0.1, 0.15) is 0 Å². The molecule has 2 aliphatic rings. The van der Waals surface area contributed by atoms with Crippen LogP contribution in [0.15, 0.2) is 0 Å². The summed E-state index contributed by atoms with van der Waals surface area (Å²) in [6.45, 7) is 7.32. The first-order valence-electron chi connectivity index (χ1n) is 8.29. The highest BCUT2D eigenvalue weighted by Crippen LogP contribution is 2.20. The van der Waals surface area contributed by atoms with E-state index in [0.29, 0.717) is 0 Å². The zero-order valence-electron chi connectivity index (χ0n) is 13.2. The van der Waals surface area contributed by atoms with Crippen molar-refractivity contribution in [2.75, 3.05) is 40.3 Å². The highest BCUT2D eigenvalue weighted by molar-refractivity contribution is 4.86. The second-order valence-electron chi connectivity index (χ2n) is 6.91. The van der Waals surface area contributed by atoms with Gasteiger partial charge >= 0.3 is 0 Å². The molecule has 0 aromatic rings. The van der Waals surface area contributed by atoms with E-state index in [0.717, 1.165) is 18.0 Å². The predicted molar refractivity (Wildman–Crippen MR) is 82.6 cm³/mol. The molecule has 1 N–H and O–H groups in total. The normalized spacial score (nSPS) is 30.9. The van der Waals surface area contributed by atoms with Crippen LogP contribution in [-0.4, -0.2) is 62.2 Å². The number of nitrogens with zero attached hydrogens (tertiary/aromatic N) is 2. The van der Waals surface area contributed by atoms with Gasteiger partial charge in [-0.15, -0.1) is 0 Å². The summed E-state index contributed by atoms with van der Waals surface area (Å²) < 4.78 is 0. The average molecular weight is 267 g/mol. The van der Waals surface area contributed by atoms with Crippen LogP contribution in [0.4, 0.5) is 0 Å². The van der Waals surface area contributed by atoms with Gasteiger partial charge in [-0.25, -0.2) is 0 Å². The standard InChI is InChI=1S/C16H33N3/c1-14-12-19(13-16(14)18(2)3)11-10-17-15-8-6-4-5-7-9-15/h14-17H,4-13H2,1-3H3. The van der Waals surface area contributed by atoms with Gasteiger partial charge in [0.05, 0.1) is 0 Å². The van der Waals surface area contributed by atoms with Crippen molar-refractivity contribution in [3.05, 3.63) is 0 Å². The molecule has 1 aliphatic heterocycles. The molecule has 2 unspecified atom stereocenters. The number of rotatable bonds is 5. The third kappa shape index (κ3) is 4.73. The van der Waals surface area contributed by atoms with Gasteiger partial charge in [-0.05, 0) is 32.9 Å². The van der Waals surface area contributed by atoms with Crippen LogP contribution in [0.1, 0.15) is 45.4 Å². The Morgan fingerprint density at radius 3 is 2.32 bits per heavy atom. The molecule has 2 rings (SSSR count). The average Bonchev–Trinajstić information content (AvgIpc) is 2.59. The van der Waals surface area contributed by atoms with Crippen molar-refractivity contribution in [1.29, 1.82) is 0 Å². The first-order valence-corrected chi connectivity index (χ1v) is 8.29. The van der Waals surface area contributed by atoms with Gasteiger partial charge in [0.2, 0.25) is 0 Å². The molecule has 1 heterocycles. The van der Waals surface area contributed by atoms with Crippen LogP contribution in [0.3, 0.4) is 0 Å². The molecule has 19 heavy (non-hydrogen) atoms. The fraction of sp³-hybridized carbons (Fsp3) is 1.00. The number of nitrogens with one attached hydrogen (secondary N) is 1. The lowest BCUT2D eigenvalue weighted by molar-refractivity contribution is 0.251. The van der Waals surface area contributed by atoms with E-state index in [1.165, 1.54) is 64.7 Å². The maximum absolute atomic E-state index is 3.79. The minimum atomic E-state index is 0.748. The number of likely N-dealkylation sites (N-methyl/N-ethyl adjacent to an activating group) is 1. The summed E-state index contributed by atoms with van der Waals surface area (Å²) in [5.74, 6) is 0.813. The monoisotopic (exact) mass is 267 g/mol. The van der Waals surface area contributed by atoms with E-state index in [9.17, 15) is 0 Å². The predicted octanol–water partition coefficient (Wildman–Crippen LogP) is 2.18. The fourth-order valence-electron chi connectivity index (χ4n) is 3.81. The summed E-state index contributed by atoms with van der Waals surface area (Å²) in [6, 6.07) is 1.55. The molecular formula is C16H33N3. The Balaban J connectivity index is 1.63. The zero-order valence-corrected chi connectivity index (χ0v) is 13.2. The van der Waals surface area contributed by atoms with Crippen molar-refractivity contribution in [2.24, 2.45) is 5.92 Å².